The number of carbonyl (C=O) groups excluding carboxylic acids is 1. The molecule has 22 heavy (non-hydrogen) atoms. The molecule has 1 aromatic carbocycles. The predicted molar refractivity (Wildman–Crippen MR) is 89.5 cm³/mol. The first-order valence-corrected chi connectivity index (χ1v) is 8.33. The van der Waals surface area contributed by atoms with Crippen LogP contribution in [0.2, 0.25) is 0 Å². The number of nitrogens with one attached hydrogen (secondary N) is 3. The third-order valence-electron chi connectivity index (χ3n) is 2.74. The molecule has 0 aliphatic rings. The molecule has 8 heteroatoms. The molecule has 0 heterocycles. The fourth-order valence-corrected chi connectivity index (χ4v) is 2.78. The fourth-order valence-electron chi connectivity index (χ4n) is 1.57. The molecule has 6 nitrogen and oxygen atoms in total. The third-order valence-corrected chi connectivity index (χ3v) is 4.18. The quantitative estimate of drug-likeness (QED) is 0.650. The summed E-state index contributed by atoms with van der Waals surface area (Å²) < 4.78 is 26.6. The first-order chi connectivity index (χ1) is 9.85. The van der Waals surface area contributed by atoms with Crippen molar-refractivity contribution in [1.29, 1.82) is 0 Å². The minimum absolute atomic E-state index is 0. The van der Waals surface area contributed by atoms with Crippen molar-refractivity contribution in [1.82, 2.24) is 15.4 Å². The molecular formula is C14H24ClN3O3S. The van der Waals surface area contributed by atoms with E-state index in [-0.39, 0.29) is 35.7 Å². The zero-order chi connectivity index (χ0) is 15.9. The number of amides is 1. The molecule has 0 spiro atoms. The van der Waals surface area contributed by atoms with Gasteiger partial charge in [0, 0.05) is 13.1 Å². The maximum atomic E-state index is 12.0. The van der Waals surface area contributed by atoms with Crippen LogP contribution in [0.25, 0.3) is 0 Å². The molecule has 0 aromatic heterocycles. The SMILES string of the molecule is CNCC(=O)NCc1ccc(S(=O)(=O)NCC(C)C)cc1.Cl. The highest BCUT2D eigenvalue weighted by Crippen LogP contribution is 2.10. The van der Waals surface area contributed by atoms with Crippen LogP contribution in [0.15, 0.2) is 29.2 Å². The van der Waals surface area contributed by atoms with E-state index in [9.17, 15) is 13.2 Å². The number of likely N-dealkylation sites (N-methyl/N-ethyl adjacent to an activating group) is 1. The Hall–Kier alpha value is -1.15. The summed E-state index contributed by atoms with van der Waals surface area (Å²) in [7, 11) is -1.76. The molecular weight excluding hydrogens is 326 g/mol. The van der Waals surface area contributed by atoms with Gasteiger partial charge < -0.3 is 10.6 Å². The third kappa shape index (κ3) is 7.22. The van der Waals surface area contributed by atoms with E-state index in [1.807, 2.05) is 13.8 Å². The van der Waals surface area contributed by atoms with E-state index in [0.29, 0.717) is 13.1 Å². The van der Waals surface area contributed by atoms with Gasteiger partial charge in [-0.25, -0.2) is 13.1 Å². The molecule has 1 aromatic rings. The summed E-state index contributed by atoms with van der Waals surface area (Å²) in [6.45, 7) is 4.93. The molecule has 0 fully saturated rings. The van der Waals surface area contributed by atoms with Gasteiger partial charge in [-0.05, 0) is 30.7 Å². The Morgan fingerprint density at radius 1 is 1.18 bits per heavy atom. The van der Waals surface area contributed by atoms with Gasteiger partial charge in [-0.3, -0.25) is 4.79 Å². The molecule has 0 bridgehead atoms. The van der Waals surface area contributed by atoms with Crippen LogP contribution in [0.1, 0.15) is 19.4 Å². The molecule has 0 radical (unpaired) electrons. The summed E-state index contributed by atoms with van der Waals surface area (Å²) in [6, 6.07) is 6.48. The van der Waals surface area contributed by atoms with Crippen LogP contribution in [0.5, 0.6) is 0 Å². The van der Waals surface area contributed by atoms with Crippen LogP contribution >= 0.6 is 12.4 Å². The second kappa shape index (κ2) is 9.78. The van der Waals surface area contributed by atoms with Crippen LogP contribution < -0.4 is 15.4 Å². The maximum absolute atomic E-state index is 12.0. The molecule has 0 unspecified atom stereocenters. The van der Waals surface area contributed by atoms with Gasteiger partial charge in [-0.2, -0.15) is 0 Å². The second-order valence-corrected chi connectivity index (χ2v) is 6.96. The van der Waals surface area contributed by atoms with Crippen LogP contribution in [-0.4, -0.2) is 34.5 Å². The molecule has 126 valence electrons. The normalized spacial score (nSPS) is 11.1. The number of carbonyl (C=O) groups is 1. The molecule has 0 atom stereocenters. The molecule has 1 rings (SSSR count). The summed E-state index contributed by atoms with van der Waals surface area (Å²) in [6.07, 6.45) is 0. The lowest BCUT2D eigenvalue weighted by Gasteiger charge is -2.10. The number of halogens is 1. The molecule has 1 amide bonds. The zero-order valence-electron chi connectivity index (χ0n) is 13.0. The lowest BCUT2D eigenvalue weighted by atomic mass is 10.2. The van der Waals surface area contributed by atoms with E-state index in [0.717, 1.165) is 5.56 Å². The van der Waals surface area contributed by atoms with Gasteiger partial charge in [-0.15, -0.1) is 12.4 Å². The number of hydrogen-bond donors (Lipinski definition) is 3. The van der Waals surface area contributed by atoms with Crippen molar-refractivity contribution in [3.8, 4) is 0 Å². The van der Waals surface area contributed by atoms with Gasteiger partial charge in [0.1, 0.15) is 0 Å². The number of rotatable bonds is 8. The topological polar surface area (TPSA) is 87.3 Å². The number of benzene rings is 1. The van der Waals surface area contributed by atoms with Gasteiger partial charge in [0.05, 0.1) is 11.4 Å². The van der Waals surface area contributed by atoms with Gasteiger partial charge in [0.25, 0.3) is 0 Å². The van der Waals surface area contributed by atoms with Crippen molar-refractivity contribution in [3.63, 3.8) is 0 Å². The average molecular weight is 350 g/mol. The molecule has 0 aliphatic heterocycles. The van der Waals surface area contributed by atoms with Gasteiger partial charge >= 0.3 is 0 Å². The predicted octanol–water partition coefficient (Wildman–Crippen LogP) is 0.878. The first kappa shape index (κ1) is 20.9. The van der Waals surface area contributed by atoms with Gasteiger partial charge in [0.2, 0.25) is 15.9 Å². The highest BCUT2D eigenvalue weighted by atomic mass is 35.5. The van der Waals surface area contributed by atoms with Crippen LogP contribution in [0.4, 0.5) is 0 Å². The Morgan fingerprint density at radius 3 is 2.27 bits per heavy atom. The second-order valence-electron chi connectivity index (χ2n) is 5.20. The summed E-state index contributed by atoms with van der Waals surface area (Å²) in [5.74, 6) is 0.147. The van der Waals surface area contributed by atoms with Crippen LogP contribution in [0.3, 0.4) is 0 Å². The zero-order valence-corrected chi connectivity index (χ0v) is 14.7. The Labute approximate surface area is 138 Å². The number of sulfonamides is 1. The molecule has 0 aliphatic carbocycles. The van der Waals surface area contributed by atoms with Crippen molar-refractivity contribution in [3.05, 3.63) is 29.8 Å². The average Bonchev–Trinajstić information content (AvgIpc) is 2.44. The first-order valence-electron chi connectivity index (χ1n) is 6.85. The Kier molecular flexibility index (Phi) is 9.27. The van der Waals surface area contributed by atoms with Crippen LogP contribution in [0, 0.1) is 5.92 Å². The van der Waals surface area contributed by atoms with E-state index in [1.54, 1.807) is 31.3 Å². The molecule has 0 saturated heterocycles. The van der Waals surface area contributed by atoms with E-state index in [2.05, 4.69) is 15.4 Å². The largest absolute Gasteiger partial charge is 0.351 e. The van der Waals surface area contributed by atoms with Crippen molar-refractivity contribution in [2.45, 2.75) is 25.3 Å². The van der Waals surface area contributed by atoms with Crippen molar-refractivity contribution in [2.24, 2.45) is 5.92 Å². The smallest absolute Gasteiger partial charge is 0.240 e. The van der Waals surface area contributed by atoms with E-state index in [1.165, 1.54) is 0 Å². The monoisotopic (exact) mass is 349 g/mol. The highest BCUT2D eigenvalue weighted by molar-refractivity contribution is 7.89. The maximum Gasteiger partial charge on any atom is 0.240 e. The van der Waals surface area contributed by atoms with E-state index < -0.39 is 10.0 Å². The minimum Gasteiger partial charge on any atom is -0.351 e. The van der Waals surface area contributed by atoms with E-state index in [4.69, 9.17) is 0 Å². The summed E-state index contributed by atoms with van der Waals surface area (Å²) >= 11 is 0. The summed E-state index contributed by atoms with van der Waals surface area (Å²) in [5.41, 5.74) is 0.849. The van der Waals surface area contributed by atoms with Crippen molar-refractivity contribution < 1.29 is 13.2 Å². The standard InChI is InChI=1S/C14H23N3O3S.ClH/c1-11(2)8-17-21(19,20)13-6-4-12(5-7-13)9-16-14(18)10-15-3;/h4-7,11,15,17H,8-10H2,1-3H3,(H,16,18);1H. The number of hydrogen-bond acceptors (Lipinski definition) is 4. The van der Waals surface area contributed by atoms with Crippen LogP contribution in [-0.2, 0) is 21.4 Å². The molecule has 3 N–H and O–H groups in total. The Morgan fingerprint density at radius 2 is 1.77 bits per heavy atom. The summed E-state index contributed by atoms with van der Waals surface area (Å²) in [5, 5.41) is 5.49. The minimum atomic E-state index is -3.46. The highest BCUT2D eigenvalue weighted by Gasteiger charge is 2.13. The Balaban J connectivity index is 0.00000441. The molecule has 0 saturated carbocycles. The van der Waals surface area contributed by atoms with E-state index >= 15 is 0 Å². The van der Waals surface area contributed by atoms with Gasteiger partial charge in [0.15, 0.2) is 0 Å². The Bertz CT molecular complexity index is 559. The fraction of sp³-hybridized carbons (Fsp3) is 0.500. The van der Waals surface area contributed by atoms with Crippen molar-refractivity contribution >= 4 is 28.3 Å². The summed E-state index contributed by atoms with van der Waals surface area (Å²) in [4.78, 5) is 11.5. The van der Waals surface area contributed by atoms with Gasteiger partial charge in [-0.1, -0.05) is 26.0 Å². The van der Waals surface area contributed by atoms with Crippen molar-refractivity contribution in [2.75, 3.05) is 20.1 Å². The lowest BCUT2D eigenvalue weighted by Crippen LogP contribution is -2.31. The lowest BCUT2D eigenvalue weighted by molar-refractivity contribution is -0.120.